The summed E-state index contributed by atoms with van der Waals surface area (Å²) in [6.45, 7) is 5.53. The summed E-state index contributed by atoms with van der Waals surface area (Å²) in [7, 11) is 0. The van der Waals surface area contributed by atoms with Gasteiger partial charge in [-0.2, -0.15) is 0 Å². The Bertz CT molecular complexity index is 1090. The van der Waals surface area contributed by atoms with E-state index in [9.17, 15) is 19.1 Å². The third kappa shape index (κ3) is 4.90. The number of benzene rings is 1. The minimum Gasteiger partial charge on any atom is -0.484 e. The number of halogens is 2. The molecule has 1 unspecified atom stereocenters. The number of hydrogen-bond donors (Lipinski definition) is 3. The van der Waals surface area contributed by atoms with E-state index >= 15 is 0 Å². The Morgan fingerprint density at radius 3 is 2.56 bits per heavy atom. The lowest BCUT2D eigenvalue weighted by Crippen LogP contribution is -2.70. The number of nitrogens with one attached hydrogen (secondary N) is 2. The minimum atomic E-state index is -0.838. The molecule has 8 nitrogen and oxygen atoms in total. The number of carbonyl (C=O) groups excluding carboxylic acids is 2. The van der Waals surface area contributed by atoms with E-state index in [4.69, 9.17) is 20.8 Å². The summed E-state index contributed by atoms with van der Waals surface area (Å²) in [4.78, 5) is 29.7. The molecule has 3 saturated carbocycles. The number of carbonyl (C=O) groups is 2. The first-order chi connectivity index (χ1) is 15.9. The van der Waals surface area contributed by atoms with Crippen molar-refractivity contribution in [2.45, 2.75) is 75.5 Å². The van der Waals surface area contributed by atoms with Crippen LogP contribution in [0.15, 0.2) is 28.9 Å². The van der Waals surface area contributed by atoms with Crippen LogP contribution in [-0.4, -0.2) is 45.7 Å². The fourth-order valence-electron chi connectivity index (χ4n) is 4.72. The van der Waals surface area contributed by atoms with E-state index in [1.807, 2.05) is 20.8 Å². The van der Waals surface area contributed by atoms with Crippen LogP contribution >= 0.6 is 11.6 Å². The predicted molar refractivity (Wildman–Crippen MR) is 122 cm³/mol. The molecule has 1 atom stereocenters. The highest BCUT2D eigenvalue weighted by Crippen LogP contribution is 2.47. The first-order valence-electron chi connectivity index (χ1n) is 11.3. The summed E-state index contributed by atoms with van der Waals surface area (Å²) in [5, 5.41) is 16.8. The van der Waals surface area contributed by atoms with Crippen LogP contribution in [0.2, 0.25) is 5.02 Å². The molecule has 1 aromatic heterocycles. The standard InChI is InChI=1S/C24H29ClFN3O5/c1-22(2,3)21-27-17(12-34-21)20(32)29-23-6-8-24(9-7-23,18(30)11-23)28-19(31)13-33-14-4-5-15(25)16(26)10-14/h4-5,10,12,18,30H,6-9,11,13H2,1-3H3,(H,28,31)(H,29,32). The van der Waals surface area contributed by atoms with Crippen molar-refractivity contribution in [1.82, 2.24) is 15.6 Å². The molecule has 1 aromatic carbocycles. The molecule has 3 aliphatic carbocycles. The molecule has 0 spiro atoms. The van der Waals surface area contributed by atoms with Gasteiger partial charge in [-0.1, -0.05) is 32.4 Å². The lowest BCUT2D eigenvalue weighted by atomic mass is 9.60. The number of fused-ring (bicyclic) bond motifs is 3. The second-order valence-electron chi connectivity index (χ2n) is 10.3. The zero-order valence-corrected chi connectivity index (χ0v) is 20.2. The highest BCUT2D eigenvalue weighted by atomic mass is 35.5. The average Bonchev–Trinajstić information content (AvgIpc) is 3.27. The Kier molecular flexibility index (Phi) is 6.37. The maximum absolute atomic E-state index is 13.6. The molecular formula is C24H29ClFN3O5. The van der Waals surface area contributed by atoms with Crippen LogP contribution in [-0.2, 0) is 10.2 Å². The fraction of sp³-hybridized carbons (Fsp3) is 0.542. The molecule has 3 fully saturated rings. The molecule has 0 saturated heterocycles. The van der Waals surface area contributed by atoms with Gasteiger partial charge in [-0.15, -0.1) is 0 Å². The van der Waals surface area contributed by atoms with E-state index < -0.39 is 28.9 Å². The first-order valence-corrected chi connectivity index (χ1v) is 11.6. The van der Waals surface area contributed by atoms with Crippen LogP contribution in [0.25, 0.3) is 0 Å². The number of aliphatic hydroxyl groups is 1. The monoisotopic (exact) mass is 493 g/mol. The molecule has 5 rings (SSSR count). The highest BCUT2D eigenvalue weighted by molar-refractivity contribution is 6.30. The molecule has 2 aromatic rings. The van der Waals surface area contributed by atoms with Gasteiger partial charge < -0.3 is 24.9 Å². The number of ether oxygens (including phenoxy) is 1. The Morgan fingerprint density at radius 2 is 1.97 bits per heavy atom. The molecule has 184 valence electrons. The van der Waals surface area contributed by atoms with Gasteiger partial charge in [0, 0.05) is 17.0 Å². The van der Waals surface area contributed by atoms with Crippen molar-refractivity contribution in [3.05, 3.63) is 46.9 Å². The molecule has 34 heavy (non-hydrogen) atoms. The number of oxazole rings is 1. The van der Waals surface area contributed by atoms with Crippen molar-refractivity contribution in [2.24, 2.45) is 0 Å². The van der Waals surface area contributed by atoms with Gasteiger partial charge in [0.2, 0.25) is 0 Å². The summed E-state index contributed by atoms with van der Waals surface area (Å²) in [6, 6.07) is 3.94. The first kappa shape index (κ1) is 24.5. The lowest BCUT2D eigenvalue weighted by molar-refractivity contribution is -0.132. The third-order valence-electron chi connectivity index (χ3n) is 6.73. The summed E-state index contributed by atoms with van der Waals surface area (Å²) < 4.78 is 24.4. The summed E-state index contributed by atoms with van der Waals surface area (Å²) in [5.74, 6) is -0.718. The molecule has 0 radical (unpaired) electrons. The van der Waals surface area contributed by atoms with Gasteiger partial charge in [-0.3, -0.25) is 9.59 Å². The molecule has 3 aliphatic rings. The molecular weight excluding hydrogens is 465 g/mol. The number of aliphatic hydroxyl groups excluding tert-OH is 1. The van der Waals surface area contributed by atoms with E-state index in [2.05, 4.69) is 15.6 Å². The smallest absolute Gasteiger partial charge is 0.273 e. The number of nitrogens with zero attached hydrogens (tertiary/aromatic N) is 1. The zero-order valence-electron chi connectivity index (χ0n) is 19.4. The number of hydrogen-bond acceptors (Lipinski definition) is 6. The fourth-order valence-corrected chi connectivity index (χ4v) is 4.84. The largest absolute Gasteiger partial charge is 0.484 e. The van der Waals surface area contributed by atoms with Gasteiger partial charge in [0.05, 0.1) is 16.7 Å². The van der Waals surface area contributed by atoms with Crippen molar-refractivity contribution in [2.75, 3.05) is 6.61 Å². The van der Waals surface area contributed by atoms with Gasteiger partial charge >= 0.3 is 0 Å². The second kappa shape index (κ2) is 8.85. The number of rotatable bonds is 6. The molecule has 1 heterocycles. The molecule has 3 N–H and O–H groups in total. The highest BCUT2D eigenvalue weighted by Gasteiger charge is 2.55. The van der Waals surface area contributed by atoms with Gasteiger partial charge in [-0.25, -0.2) is 9.37 Å². The molecule has 2 amide bonds. The maximum atomic E-state index is 13.6. The predicted octanol–water partition coefficient (Wildman–Crippen LogP) is 3.51. The number of aromatic nitrogens is 1. The Balaban J connectivity index is 1.34. The maximum Gasteiger partial charge on any atom is 0.273 e. The lowest BCUT2D eigenvalue weighted by Gasteiger charge is -2.56. The minimum absolute atomic E-state index is 0.0306. The topological polar surface area (TPSA) is 114 Å². The number of amides is 2. The van der Waals surface area contributed by atoms with Crippen LogP contribution in [0.1, 0.15) is 69.3 Å². The van der Waals surface area contributed by atoms with E-state index in [-0.39, 0.29) is 34.4 Å². The van der Waals surface area contributed by atoms with Crippen molar-refractivity contribution >= 4 is 23.4 Å². The molecule has 10 heteroatoms. The second-order valence-corrected chi connectivity index (χ2v) is 10.7. The summed E-state index contributed by atoms with van der Waals surface area (Å²) >= 11 is 5.65. The van der Waals surface area contributed by atoms with Crippen LogP contribution < -0.4 is 15.4 Å². The SMILES string of the molecule is CC(C)(C)c1nc(C(=O)NC23CCC(NC(=O)COc4ccc(Cl)c(F)c4)(CC2)C(O)C3)co1. The third-order valence-corrected chi connectivity index (χ3v) is 7.03. The zero-order chi connectivity index (χ0) is 24.7. The summed E-state index contributed by atoms with van der Waals surface area (Å²) in [5.41, 5.74) is -1.46. The van der Waals surface area contributed by atoms with E-state index in [0.29, 0.717) is 38.0 Å². The van der Waals surface area contributed by atoms with Crippen molar-refractivity contribution < 1.29 is 28.2 Å². The molecule has 2 bridgehead atoms. The van der Waals surface area contributed by atoms with Gasteiger partial charge in [0.1, 0.15) is 17.8 Å². The van der Waals surface area contributed by atoms with Crippen LogP contribution in [0.4, 0.5) is 4.39 Å². The van der Waals surface area contributed by atoms with Crippen LogP contribution in [0, 0.1) is 5.82 Å². The summed E-state index contributed by atoms with van der Waals surface area (Å²) in [6.07, 6.45) is 3.03. The Labute approximate surface area is 202 Å². The van der Waals surface area contributed by atoms with E-state index in [1.54, 1.807) is 0 Å². The van der Waals surface area contributed by atoms with Gasteiger partial charge in [0.25, 0.3) is 11.8 Å². The Morgan fingerprint density at radius 1 is 1.26 bits per heavy atom. The van der Waals surface area contributed by atoms with Crippen molar-refractivity contribution in [3.63, 3.8) is 0 Å². The van der Waals surface area contributed by atoms with Crippen LogP contribution in [0.5, 0.6) is 5.75 Å². The van der Waals surface area contributed by atoms with E-state index in [1.165, 1.54) is 18.4 Å². The van der Waals surface area contributed by atoms with Gasteiger partial charge in [0.15, 0.2) is 18.2 Å². The van der Waals surface area contributed by atoms with Gasteiger partial charge in [-0.05, 0) is 44.2 Å². The normalized spacial score (nSPS) is 26.2. The van der Waals surface area contributed by atoms with Crippen LogP contribution in [0.3, 0.4) is 0 Å². The quantitative estimate of drug-likeness (QED) is 0.567. The van der Waals surface area contributed by atoms with Crippen molar-refractivity contribution in [3.8, 4) is 5.75 Å². The Hall–Kier alpha value is -2.65. The average molecular weight is 494 g/mol. The van der Waals surface area contributed by atoms with Crippen molar-refractivity contribution in [1.29, 1.82) is 0 Å². The molecule has 0 aliphatic heterocycles. The van der Waals surface area contributed by atoms with E-state index in [0.717, 1.165) is 6.07 Å².